The standard InChI is InChI=1S/C18H22N2O3S/c1-4-18(2,3)14-8-10-16(11-9-14)24(22,23)20-15-7-5-6-13(12-15)17(19)21/h5-12,20H,4H2,1-3H3,(H2,19,21). The molecule has 1 amide bonds. The van der Waals surface area contributed by atoms with Crippen molar-refractivity contribution in [3.8, 4) is 0 Å². The molecule has 0 aliphatic rings. The molecule has 0 atom stereocenters. The van der Waals surface area contributed by atoms with Crippen LogP contribution in [-0.4, -0.2) is 14.3 Å². The quantitative estimate of drug-likeness (QED) is 0.841. The molecule has 3 N–H and O–H groups in total. The molecule has 0 aromatic heterocycles. The monoisotopic (exact) mass is 346 g/mol. The van der Waals surface area contributed by atoms with Crippen LogP contribution in [0.25, 0.3) is 0 Å². The number of amides is 1. The van der Waals surface area contributed by atoms with Crippen molar-refractivity contribution in [1.82, 2.24) is 0 Å². The highest BCUT2D eigenvalue weighted by atomic mass is 32.2. The van der Waals surface area contributed by atoms with E-state index in [1.807, 2.05) is 12.1 Å². The molecule has 0 aliphatic carbocycles. The number of sulfonamides is 1. The highest BCUT2D eigenvalue weighted by molar-refractivity contribution is 7.92. The largest absolute Gasteiger partial charge is 0.366 e. The molecule has 6 heteroatoms. The highest BCUT2D eigenvalue weighted by Gasteiger charge is 2.20. The van der Waals surface area contributed by atoms with E-state index >= 15 is 0 Å². The Balaban J connectivity index is 2.28. The molecule has 2 aromatic rings. The second-order valence-electron chi connectivity index (χ2n) is 6.31. The first-order valence-electron chi connectivity index (χ1n) is 7.69. The molecule has 128 valence electrons. The summed E-state index contributed by atoms with van der Waals surface area (Å²) in [5.41, 5.74) is 6.83. The van der Waals surface area contributed by atoms with Gasteiger partial charge in [-0.2, -0.15) is 0 Å². The Morgan fingerprint density at radius 1 is 1.12 bits per heavy atom. The summed E-state index contributed by atoms with van der Waals surface area (Å²) in [6, 6.07) is 12.9. The van der Waals surface area contributed by atoms with Crippen molar-refractivity contribution < 1.29 is 13.2 Å². The van der Waals surface area contributed by atoms with Gasteiger partial charge in [0.1, 0.15) is 0 Å². The van der Waals surface area contributed by atoms with E-state index in [2.05, 4.69) is 25.5 Å². The van der Waals surface area contributed by atoms with E-state index in [0.717, 1.165) is 12.0 Å². The number of rotatable bonds is 6. The fraction of sp³-hybridized carbons (Fsp3) is 0.278. The zero-order chi connectivity index (χ0) is 18.0. The van der Waals surface area contributed by atoms with Crippen LogP contribution in [0.1, 0.15) is 43.1 Å². The lowest BCUT2D eigenvalue weighted by atomic mass is 9.82. The van der Waals surface area contributed by atoms with Crippen LogP contribution in [0.4, 0.5) is 5.69 Å². The molecule has 0 heterocycles. The van der Waals surface area contributed by atoms with Crippen molar-refractivity contribution >= 4 is 21.6 Å². The summed E-state index contributed by atoms with van der Waals surface area (Å²) in [5.74, 6) is -0.609. The van der Waals surface area contributed by atoms with Gasteiger partial charge in [-0.25, -0.2) is 8.42 Å². The van der Waals surface area contributed by atoms with E-state index in [9.17, 15) is 13.2 Å². The Kier molecular flexibility index (Phi) is 4.99. The SMILES string of the molecule is CCC(C)(C)c1ccc(S(=O)(=O)Nc2cccc(C(N)=O)c2)cc1. The van der Waals surface area contributed by atoms with E-state index in [-0.39, 0.29) is 15.9 Å². The number of hydrogen-bond donors (Lipinski definition) is 2. The van der Waals surface area contributed by atoms with Crippen molar-refractivity contribution in [2.24, 2.45) is 5.73 Å². The number of carbonyl (C=O) groups is 1. The molecule has 0 fully saturated rings. The smallest absolute Gasteiger partial charge is 0.261 e. The molecule has 0 bridgehead atoms. The van der Waals surface area contributed by atoms with Crippen LogP contribution < -0.4 is 10.5 Å². The molecule has 0 radical (unpaired) electrons. The fourth-order valence-electron chi connectivity index (χ4n) is 2.24. The minimum absolute atomic E-state index is 0.00839. The predicted octanol–water partition coefficient (Wildman–Crippen LogP) is 3.27. The Morgan fingerprint density at radius 3 is 2.29 bits per heavy atom. The zero-order valence-electron chi connectivity index (χ0n) is 14.0. The summed E-state index contributed by atoms with van der Waals surface area (Å²) in [7, 11) is -3.73. The Bertz CT molecular complexity index is 841. The molecule has 0 aliphatic heterocycles. The van der Waals surface area contributed by atoms with Crippen molar-refractivity contribution in [3.63, 3.8) is 0 Å². The summed E-state index contributed by atoms with van der Waals surface area (Å²) < 4.78 is 27.4. The third-order valence-corrected chi connectivity index (χ3v) is 5.63. The molecule has 5 nitrogen and oxygen atoms in total. The molecule has 0 saturated heterocycles. The summed E-state index contributed by atoms with van der Waals surface area (Å²) in [6.07, 6.45) is 0.956. The van der Waals surface area contributed by atoms with E-state index in [1.165, 1.54) is 12.1 Å². The van der Waals surface area contributed by atoms with Gasteiger partial charge in [0.15, 0.2) is 0 Å². The van der Waals surface area contributed by atoms with Crippen molar-refractivity contribution in [1.29, 1.82) is 0 Å². The molecule has 24 heavy (non-hydrogen) atoms. The molecule has 0 spiro atoms. The third-order valence-electron chi connectivity index (χ3n) is 4.23. The second-order valence-corrected chi connectivity index (χ2v) is 7.99. The maximum absolute atomic E-state index is 12.5. The topological polar surface area (TPSA) is 89.3 Å². The maximum Gasteiger partial charge on any atom is 0.261 e. The van der Waals surface area contributed by atoms with Gasteiger partial charge < -0.3 is 5.73 Å². The molecule has 0 unspecified atom stereocenters. The number of nitrogens with two attached hydrogens (primary N) is 1. The first-order valence-corrected chi connectivity index (χ1v) is 9.17. The van der Waals surface area contributed by atoms with Crippen LogP contribution in [0.5, 0.6) is 0 Å². The second kappa shape index (κ2) is 6.65. The van der Waals surface area contributed by atoms with Crippen LogP contribution in [-0.2, 0) is 15.4 Å². The van der Waals surface area contributed by atoms with Gasteiger partial charge in [0.25, 0.3) is 10.0 Å². The Morgan fingerprint density at radius 2 is 1.75 bits per heavy atom. The van der Waals surface area contributed by atoms with Gasteiger partial charge in [0.05, 0.1) is 4.90 Å². The van der Waals surface area contributed by atoms with Gasteiger partial charge in [-0.15, -0.1) is 0 Å². The van der Waals surface area contributed by atoms with E-state index in [0.29, 0.717) is 5.69 Å². The molecular weight excluding hydrogens is 324 g/mol. The van der Waals surface area contributed by atoms with Crippen LogP contribution in [0.3, 0.4) is 0 Å². The average Bonchev–Trinajstić information content (AvgIpc) is 2.54. The number of carbonyl (C=O) groups excluding carboxylic acids is 1. The third kappa shape index (κ3) is 3.94. The molecule has 2 aromatic carbocycles. The van der Waals surface area contributed by atoms with Gasteiger partial charge >= 0.3 is 0 Å². The Labute approximate surface area is 142 Å². The average molecular weight is 346 g/mol. The summed E-state index contributed by atoms with van der Waals surface area (Å²) in [4.78, 5) is 11.4. The first-order chi connectivity index (χ1) is 11.2. The lowest BCUT2D eigenvalue weighted by molar-refractivity contribution is 0.100. The lowest BCUT2D eigenvalue weighted by Gasteiger charge is -2.23. The zero-order valence-corrected chi connectivity index (χ0v) is 14.9. The molecular formula is C18H22N2O3S. The normalized spacial score (nSPS) is 12.0. The van der Waals surface area contributed by atoms with Crippen molar-refractivity contribution in [2.45, 2.75) is 37.5 Å². The van der Waals surface area contributed by atoms with Gasteiger partial charge in [0, 0.05) is 11.3 Å². The maximum atomic E-state index is 12.5. The first kappa shape index (κ1) is 18.0. The fourth-order valence-corrected chi connectivity index (χ4v) is 3.29. The number of primary amides is 1. The van der Waals surface area contributed by atoms with E-state index < -0.39 is 15.9 Å². The van der Waals surface area contributed by atoms with E-state index in [4.69, 9.17) is 5.73 Å². The summed E-state index contributed by atoms with van der Waals surface area (Å²) >= 11 is 0. The predicted molar refractivity (Wildman–Crippen MR) is 95.5 cm³/mol. The van der Waals surface area contributed by atoms with Crippen LogP contribution in [0.15, 0.2) is 53.4 Å². The molecule has 0 saturated carbocycles. The number of anilines is 1. The summed E-state index contributed by atoms with van der Waals surface area (Å²) in [5, 5.41) is 0. The van der Waals surface area contributed by atoms with Gasteiger partial charge in [-0.3, -0.25) is 9.52 Å². The number of benzene rings is 2. The number of hydrogen-bond acceptors (Lipinski definition) is 3. The van der Waals surface area contributed by atoms with Gasteiger partial charge in [-0.1, -0.05) is 39.0 Å². The van der Waals surface area contributed by atoms with Gasteiger partial charge in [-0.05, 0) is 47.7 Å². The minimum atomic E-state index is -3.73. The van der Waals surface area contributed by atoms with Crippen molar-refractivity contribution in [3.05, 3.63) is 59.7 Å². The van der Waals surface area contributed by atoms with Crippen LogP contribution in [0, 0.1) is 0 Å². The van der Waals surface area contributed by atoms with E-state index in [1.54, 1.807) is 24.3 Å². The van der Waals surface area contributed by atoms with Crippen molar-refractivity contribution in [2.75, 3.05) is 4.72 Å². The van der Waals surface area contributed by atoms with Crippen LogP contribution >= 0.6 is 0 Å². The van der Waals surface area contributed by atoms with Gasteiger partial charge in [0.2, 0.25) is 5.91 Å². The Hall–Kier alpha value is -2.34. The molecule has 2 rings (SSSR count). The summed E-state index contributed by atoms with van der Waals surface area (Å²) in [6.45, 7) is 6.33. The number of nitrogens with one attached hydrogen (secondary N) is 1. The van der Waals surface area contributed by atoms with Crippen LogP contribution in [0.2, 0.25) is 0 Å². The lowest BCUT2D eigenvalue weighted by Crippen LogP contribution is -2.17. The minimum Gasteiger partial charge on any atom is -0.366 e. The highest BCUT2D eigenvalue weighted by Crippen LogP contribution is 2.27.